The standard InChI is InChI=1S/C9H16F2N2O.ClH/c1-6(12)8(14)13-7-3-2-4-9(10,11)5-7;/h6-7H,2-5,12H2,1H3,(H,13,14);1H. The first-order valence-electron chi connectivity index (χ1n) is 4.84. The van der Waals surface area contributed by atoms with Crippen molar-refractivity contribution in [2.24, 2.45) is 5.73 Å². The van der Waals surface area contributed by atoms with Crippen molar-refractivity contribution in [2.45, 2.75) is 50.6 Å². The van der Waals surface area contributed by atoms with Crippen LogP contribution in [0.5, 0.6) is 0 Å². The third-order valence-electron chi connectivity index (χ3n) is 2.40. The average Bonchev–Trinajstić information content (AvgIpc) is 2.01. The van der Waals surface area contributed by atoms with Crippen LogP contribution in [0.1, 0.15) is 32.6 Å². The Morgan fingerprint density at radius 1 is 1.60 bits per heavy atom. The maximum Gasteiger partial charge on any atom is 0.250 e. The lowest BCUT2D eigenvalue weighted by Gasteiger charge is -2.29. The molecule has 2 unspecified atom stereocenters. The predicted octanol–water partition coefficient (Wildman–Crippen LogP) is 1.45. The minimum absolute atomic E-state index is 0. The number of carbonyl (C=O) groups is 1. The molecule has 1 saturated carbocycles. The third kappa shape index (κ3) is 4.75. The van der Waals surface area contributed by atoms with Gasteiger partial charge < -0.3 is 11.1 Å². The van der Waals surface area contributed by atoms with Gasteiger partial charge in [-0.15, -0.1) is 12.4 Å². The average molecular weight is 243 g/mol. The monoisotopic (exact) mass is 242 g/mol. The van der Waals surface area contributed by atoms with E-state index in [9.17, 15) is 13.6 Å². The number of hydrogen-bond acceptors (Lipinski definition) is 2. The van der Waals surface area contributed by atoms with Crippen molar-refractivity contribution in [3.8, 4) is 0 Å². The normalized spacial score (nSPS) is 26.3. The van der Waals surface area contributed by atoms with Crippen LogP contribution in [0.3, 0.4) is 0 Å². The molecule has 0 bridgehead atoms. The molecule has 1 rings (SSSR count). The fourth-order valence-corrected chi connectivity index (χ4v) is 1.63. The lowest BCUT2D eigenvalue weighted by molar-refractivity contribution is -0.124. The van der Waals surface area contributed by atoms with Gasteiger partial charge in [-0.05, 0) is 19.8 Å². The van der Waals surface area contributed by atoms with E-state index in [1.807, 2.05) is 0 Å². The van der Waals surface area contributed by atoms with Crippen molar-refractivity contribution in [1.29, 1.82) is 0 Å². The molecule has 90 valence electrons. The van der Waals surface area contributed by atoms with Gasteiger partial charge >= 0.3 is 0 Å². The highest BCUT2D eigenvalue weighted by Gasteiger charge is 2.36. The Hall–Kier alpha value is -0.420. The molecule has 0 saturated heterocycles. The van der Waals surface area contributed by atoms with Crippen LogP contribution in [0.2, 0.25) is 0 Å². The molecule has 15 heavy (non-hydrogen) atoms. The summed E-state index contributed by atoms with van der Waals surface area (Å²) < 4.78 is 25.8. The fraction of sp³-hybridized carbons (Fsp3) is 0.889. The van der Waals surface area contributed by atoms with Crippen LogP contribution in [0.15, 0.2) is 0 Å². The molecule has 0 aromatic rings. The first-order valence-corrected chi connectivity index (χ1v) is 4.84. The molecule has 1 fully saturated rings. The summed E-state index contributed by atoms with van der Waals surface area (Å²) in [4.78, 5) is 11.1. The molecule has 0 aliphatic heterocycles. The minimum atomic E-state index is -2.63. The Morgan fingerprint density at radius 3 is 2.67 bits per heavy atom. The molecule has 0 aromatic heterocycles. The zero-order valence-corrected chi connectivity index (χ0v) is 9.45. The first kappa shape index (κ1) is 14.6. The van der Waals surface area contributed by atoms with E-state index in [1.165, 1.54) is 6.92 Å². The van der Waals surface area contributed by atoms with E-state index < -0.39 is 18.0 Å². The van der Waals surface area contributed by atoms with E-state index in [1.54, 1.807) is 0 Å². The van der Waals surface area contributed by atoms with Crippen LogP contribution in [0.25, 0.3) is 0 Å². The molecule has 1 amide bonds. The van der Waals surface area contributed by atoms with Crippen molar-refractivity contribution >= 4 is 18.3 Å². The van der Waals surface area contributed by atoms with Crippen LogP contribution in [-0.4, -0.2) is 23.9 Å². The first-order chi connectivity index (χ1) is 6.41. The van der Waals surface area contributed by atoms with Crippen molar-refractivity contribution in [2.75, 3.05) is 0 Å². The van der Waals surface area contributed by atoms with Crippen LogP contribution in [-0.2, 0) is 4.79 Å². The van der Waals surface area contributed by atoms with E-state index in [0.29, 0.717) is 12.8 Å². The van der Waals surface area contributed by atoms with Gasteiger partial charge in [-0.2, -0.15) is 0 Å². The molecule has 0 aromatic carbocycles. The van der Waals surface area contributed by atoms with E-state index in [0.717, 1.165) is 0 Å². The van der Waals surface area contributed by atoms with Gasteiger partial charge in [0.15, 0.2) is 0 Å². The molecule has 1 aliphatic rings. The minimum Gasteiger partial charge on any atom is -0.352 e. The summed E-state index contributed by atoms with van der Waals surface area (Å²) in [6.45, 7) is 1.54. The number of halogens is 3. The molecule has 6 heteroatoms. The second kappa shape index (κ2) is 5.61. The molecular formula is C9H17ClF2N2O. The lowest BCUT2D eigenvalue weighted by atomic mass is 9.92. The summed E-state index contributed by atoms with van der Waals surface area (Å²) >= 11 is 0. The Balaban J connectivity index is 0.00000196. The van der Waals surface area contributed by atoms with E-state index in [4.69, 9.17) is 5.73 Å². The quantitative estimate of drug-likeness (QED) is 0.770. The second-order valence-electron chi connectivity index (χ2n) is 3.95. The predicted molar refractivity (Wildman–Crippen MR) is 56.2 cm³/mol. The smallest absolute Gasteiger partial charge is 0.250 e. The number of hydrogen-bond donors (Lipinski definition) is 2. The number of rotatable bonds is 2. The Bertz CT molecular complexity index is 224. The Kier molecular flexibility index (Phi) is 5.45. The van der Waals surface area contributed by atoms with Crippen LogP contribution in [0, 0.1) is 0 Å². The third-order valence-corrected chi connectivity index (χ3v) is 2.40. The fourth-order valence-electron chi connectivity index (χ4n) is 1.63. The van der Waals surface area contributed by atoms with Gasteiger partial charge in [0.25, 0.3) is 0 Å². The number of nitrogens with one attached hydrogen (secondary N) is 1. The highest BCUT2D eigenvalue weighted by atomic mass is 35.5. The van der Waals surface area contributed by atoms with Crippen LogP contribution in [0.4, 0.5) is 8.78 Å². The number of alkyl halides is 2. The van der Waals surface area contributed by atoms with Crippen molar-refractivity contribution < 1.29 is 13.6 Å². The van der Waals surface area contributed by atoms with E-state index >= 15 is 0 Å². The molecule has 3 nitrogen and oxygen atoms in total. The number of amides is 1. The Morgan fingerprint density at radius 2 is 2.20 bits per heavy atom. The van der Waals surface area contributed by atoms with E-state index in [2.05, 4.69) is 5.32 Å². The molecule has 2 atom stereocenters. The lowest BCUT2D eigenvalue weighted by Crippen LogP contribution is -2.47. The maximum atomic E-state index is 12.9. The van der Waals surface area contributed by atoms with Gasteiger partial charge in [0.2, 0.25) is 11.8 Å². The maximum absolute atomic E-state index is 12.9. The number of carbonyl (C=O) groups excluding carboxylic acids is 1. The van der Waals surface area contributed by atoms with Crippen LogP contribution < -0.4 is 11.1 Å². The largest absolute Gasteiger partial charge is 0.352 e. The molecule has 0 heterocycles. The summed E-state index contributed by atoms with van der Waals surface area (Å²) in [5, 5.41) is 2.53. The van der Waals surface area contributed by atoms with Crippen LogP contribution >= 0.6 is 12.4 Å². The van der Waals surface area contributed by atoms with Gasteiger partial charge in [0.05, 0.1) is 6.04 Å². The Labute approximate surface area is 94.2 Å². The molecular weight excluding hydrogens is 226 g/mol. The summed E-state index contributed by atoms with van der Waals surface area (Å²) in [6.07, 6.45) is 0.744. The van der Waals surface area contributed by atoms with Gasteiger partial charge in [-0.1, -0.05) is 0 Å². The summed E-state index contributed by atoms with van der Waals surface area (Å²) in [7, 11) is 0. The second-order valence-corrected chi connectivity index (χ2v) is 3.95. The zero-order valence-electron chi connectivity index (χ0n) is 8.63. The molecule has 0 spiro atoms. The highest BCUT2D eigenvalue weighted by Crippen LogP contribution is 2.32. The van der Waals surface area contributed by atoms with Gasteiger partial charge in [-0.25, -0.2) is 8.78 Å². The zero-order chi connectivity index (χ0) is 10.8. The van der Waals surface area contributed by atoms with Gasteiger partial charge in [-0.3, -0.25) is 4.79 Å². The van der Waals surface area contributed by atoms with Crippen molar-refractivity contribution in [3.63, 3.8) is 0 Å². The summed E-state index contributed by atoms with van der Waals surface area (Å²) in [5.41, 5.74) is 5.32. The molecule has 1 aliphatic carbocycles. The number of nitrogens with two attached hydrogens (primary N) is 1. The SMILES string of the molecule is CC(N)C(=O)NC1CCCC(F)(F)C1.Cl. The summed E-state index contributed by atoms with van der Waals surface area (Å²) in [5.74, 6) is -2.98. The van der Waals surface area contributed by atoms with Crippen molar-refractivity contribution in [1.82, 2.24) is 5.32 Å². The molecule has 3 N–H and O–H groups in total. The van der Waals surface area contributed by atoms with Gasteiger partial charge in [0, 0.05) is 18.9 Å². The molecule has 0 radical (unpaired) electrons. The van der Waals surface area contributed by atoms with Crippen molar-refractivity contribution in [3.05, 3.63) is 0 Å². The summed E-state index contributed by atoms with van der Waals surface area (Å²) in [6, 6.07) is -1.05. The van der Waals surface area contributed by atoms with Gasteiger partial charge in [0.1, 0.15) is 0 Å². The highest BCUT2D eigenvalue weighted by molar-refractivity contribution is 5.85. The topological polar surface area (TPSA) is 55.1 Å². The van der Waals surface area contributed by atoms with E-state index in [-0.39, 0.29) is 31.2 Å².